The molecule has 1 aliphatic heterocycles. The molecule has 0 saturated carbocycles. The van der Waals surface area contributed by atoms with E-state index >= 15 is 0 Å². The Morgan fingerprint density at radius 1 is 1.38 bits per heavy atom. The third-order valence-corrected chi connectivity index (χ3v) is 6.88. The second-order valence-electron chi connectivity index (χ2n) is 6.83. The zero-order chi connectivity index (χ0) is 19.3. The predicted molar refractivity (Wildman–Crippen MR) is 101 cm³/mol. The summed E-state index contributed by atoms with van der Waals surface area (Å²) in [7, 11) is -3.69. The molecular formula is C18H26ClFN2O3S. The van der Waals surface area contributed by atoms with Gasteiger partial charge in [-0.25, -0.2) is 17.1 Å². The average Bonchev–Trinajstić information content (AvgIpc) is 2.58. The Bertz CT molecular complexity index is 714. The summed E-state index contributed by atoms with van der Waals surface area (Å²) >= 11 is 5.94. The van der Waals surface area contributed by atoms with E-state index in [1.54, 1.807) is 0 Å². The lowest BCUT2D eigenvalue weighted by molar-refractivity contribution is -0.126. The third kappa shape index (κ3) is 5.41. The molecule has 1 saturated heterocycles. The molecule has 1 amide bonds. The molecule has 26 heavy (non-hydrogen) atoms. The third-order valence-electron chi connectivity index (χ3n) is 4.72. The molecular weight excluding hydrogens is 379 g/mol. The van der Waals surface area contributed by atoms with Crippen LogP contribution in [0.25, 0.3) is 0 Å². The highest BCUT2D eigenvalue weighted by atomic mass is 35.5. The normalized spacial score (nSPS) is 17.8. The molecule has 8 heteroatoms. The van der Waals surface area contributed by atoms with Crippen molar-refractivity contribution in [1.82, 2.24) is 9.62 Å². The first-order valence-electron chi connectivity index (χ1n) is 8.95. The van der Waals surface area contributed by atoms with E-state index < -0.39 is 21.6 Å². The molecule has 1 fully saturated rings. The molecule has 1 N–H and O–H groups in total. The van der Waals surface area contributed by atoms with Crippen molar-refractivity contribution in [2.24, 2.45) is 5.92 Å². The fraction of sp³-hybridized carbons (Fsp3) is 0.611. The maximum atomic E-state index is 13.9. The van der Waals surface area contributed by atoms with Crippen LogP contribution in [0.2, 0.25) is 5.02 Å². The van der Waals surface area contributed by atoms with Crippen LogP contribution in [0, 0.1) is 11.7 Å². The molecule has 0 bridgehead atoms. The van der Waals surface area contributed by atoms with Crippen molar-refractivity contribution < 1.29 is 17.6 Å². The van der Waals surface area contributed by atoms with E-state index in [9.17, 15) is 17.6 Å². The second kappa shape index (κ2) is 9.15. The van der Waals surface area contributed by atoms with Crippen LogP contribution in [-0.4, -0.2) is 37.8 Å². The average molecular weight is 405 g/mol. The Hall–Kier alpha value is -1.18. The Balaban J connectivity index is 1.95. The number of nitrogens with zero attached hydrogens (tertiary/aromatic N) is 1. The van der Waals surface area contributed by atoms with Crippen molar-refractivity contribution in [3.8, 4) is 0 Å². The SMILES string of the molecule is CCC[C@H](C)NC(=O)C1CCN(S(=O)(=O)Cc2c(F)cccc2Cl)CC1. The van der Waals surface area contributed by atoms with Crippen molar-refractivity contribution in [3.05, 3.63) is 34.6 Å². The largest absolute Gasteiger partial charge is 0.353 e. The van der Waals surface area contributed by atoms with Crippen molar-refractivity contribution in [1.29, 1.82) is 0 Å². The molecule has 5 nitrogen and oxygen atoms in total. The molecule has 0 aromatic heterocycles. The van der Waals surface area contributed by atoms with Gasteiger partial charge in [0, 0.05) is 35.6 Å². The van der Waals surface area contributed by atoms with Gasteiger partial charge in [0.25, 0.3) is 0 Å². The Morgan fingerprint density at radius 2 is 2.04 bits per heavy atom. The van der Waals surface area contributed by atoms with Gasteiger partial charge in [0.2, 0.25) is 15.9 Å². The van der Waals surface area contributed by atoms with Crippen LogP contribution in [0.15, 0.2) is 18.2 Å². The number of hydrogen-bond donors (Lipinski definition) is 1. The van der Waals surface area contributed by atoms with Crippen LogP contribution < -0.4 is 5.32 Å². The van der Waals surface area contributed by atoms with Crippen LogP contribution in [-0.2, 0) is 20.6 Å². The van der Waals surface area contributed by atoms with Gasteiger partial charge in [-0.05, 0) is 38.3 Å². The highest BCUT2D eigenvalue weighted by molar-refractivity contribution is 7.88. The lowest BCUT2D eigenvalue weighted by atomic mass is 9.96. The lowest BCUT2D eigenvalue weighted by Gasteiger charge is -2.31. The number of halogens is 2. The molecule has 0 aliphatic carbocycles. The number of carbonyl (C=O) groups is 1. The van der Waals surface area contributed by atoms with Gasteiger partial charge in [-0.2, -0.15) is 0 Å². The summed E-state index contributed by atoms with van der Waals surface area (Å²) < 4.78 is 40.4. The Labute approximate surface area is 160 Å². The van der Waals surface area contributed by atoms with E-state index in [2.05, 4.69) is 12.2 Å². The number of sulfonamides is 1. The number of piperidine rings is 1. The number of rotatable bonds is 7. The van der Waals surface area contributed by atoms with Crippen LogP contribution in [0.5, 0.6) is 0 Å². The van der Waals surface area contributed by atoms with Crippen LogP contribution in [0.1, 0.15) is 45.1 Å². The minimum atomic E-state index is -3.69. The summed E-state index contributed by atoms with van der Waals surface area (Å²) in [5.41, 5.74) is -0.0116. The molecule has 1 aromatic carbocycles. The number of nitrogens with one attached hydrogen (secondary N) is 1. The fourth-order valence-electron chi connectivity index (χ4n) is 3.21. The van der Waals surface area contributed by atoms with Crippen molar-refractivity contribution in [2.45, 2.75) is 51.3 Å². The lowest BCUT2D eigenvalue weighted by Crippen LogP contribution is -2.45. The molecule has 1 atom stereocenters. The van der Waals surface area contributed by atoms with Crippen molar-refractivity contribution in [2.75, 3.05) is 13.1 Å². The van der Waals surface area contributed by atoms with Crippen molar-refractivity contribution in [3.63, 3.8) is 0 Å². The Morgan fingerprint density at radius 3 is 2.62 bits per heavy atom. The van der Waals surface area contributed by atoms with E-state index in [0.717, 1.165) is 12.8 Å². The summed E-state index contributed by atoms with van der Waals surface area (Å²) in [5, 5.41) is 3.09. The molecule has 1 heterocycles. The van der Waals surface area contributed by atoms with Gasteiger partial charge in [0.1, 0.15) is 5.82 Å². The number of carbonyl (C=O) groups excluding carboxylic acids is 1. The van der Waals surface area contributed by atoms with E-state index in [-0.39, 0.29) is 41.5 Å². The molecule has 0 unspecified atom stereocenters. The maximum Gasteiger partial charge on any atom is 0.223 e. The number of benzene rings is 1. The van der Waals surface area contributed by atoms with Gasteiger partial charge in [-0.3, -0.25) is 4.79 Å². The van der Waals surface area contributed by atoms with E-state index in [1.165, 1.54) is 22.5 Å². The van der Waals surface area contributed by atoms with Gasteiger partial charge in [-0.1, -0.05) is 31.0 Å². The highest BCUT2D eigenvalue weighted by Crippen LogP contribution is 2.26. The van der Waals surface area contributed by atoms with Crippen LogP contribution >= 0.6 is 11.6 Å². The smallest absolute Gasteiger partial charge is 0.223 e. The van der Waals surface area contributed by atoms with Gasteiger partial charge >= 0.3 is 0 Å². The van der Waals surface area contributed by atoms with E-state index in [4.69, 9.17) is 11.6 Å². The first-order chi connectivity index (χ1) is 12.2. The van der Waals surface area contributed by atoms with Gasteiger partial charge < -0.3 is 5.32 Å². The van der Waals surface area contributed by atoms with Crippen LogP contribution in [0.3, 0.4) is 0 Å². The van der Waals surface area contributed by atoms with Gasteiger partial charge in [0.05, 0.1) is 5.75 Å². The monoisotopic (exact) mass is 404 g/mol. The van der Waals surface area contributed by atoms with Crippen molar-refractivity contribution >= 4 is 27.5 Å². The van der Waals surface area contributed by atoms with Gasteiger partial charge in [0.15, 0.2) is 0 Å². The minimum absolute atomic E-state index is 0.0116. The standard InChI is InChI=1S/C18H26ClFN2O3S/c1-3-5-13(2)21-18(23)14-8-10-22(11-9-14)26(24,25)12-15-16(19)6-4-7-17(15)20/h4,6-7,13-14H,3,5,8-12H2,1-2H3,(H,21,23)/t13-/m0/s1. The summed E-state index contributed by atoms with van der Waals surface area (Å²) in [5.74, 6) is -1.29. The first-order valence-corrected chi connectivity index (χ1v) is 10.9. The quantitative estimate of drug-likeness (QED) is 0.758. The number of hydrogen-bond acceptors (Lipinski definition) is 3. The molecule has 1 aliphatic rings. The fourth-order valence-corrected chi connectivity index (χ4v) is 5.12. The minimum Gasteiger partial charge on any atom is -0.353 e. The molecule has 0 spiro atoms. The molecule has 146 valence electrons. The number of amides is 1. The second-order valence-corrected chi connectivity index (χ2v) is 9.20. The van der Waals surface area contributed by atoms with E-state index in [1.807, 2.05) is 6.92 Å². The molecule has 0 radical (unpaired) electrons. The van der Waals surface area contributed by atoms with Crippen LogP contribution in [0.4, 0.5) is 4.39 Å². The van der Waals surface area contributed by atoms with Gasteiger partial charge in [-0.15, -0.1) is 0 Å². The molecule has 1 aromatic rings. The first kappa shape index (κ1) is 21.1. The Kier molecular flexibility index (Phi) is 7.43. The van der Waals surface area contributed by atoms with E-state index in [0.29, 0.717) is 12.8 Å². The summed E-state index contributed by atoms with van der Waals surface area (Å²) in [6.07, 6.45) is 2.85. The highest BCUT2D eigenvalue weighted by Gasteiger charge is 2.32. The maximum absolute atomic E-state index is 13.9. The zero-order valence-electron chi connectivity index (χ0n) is 15.2. The topological polar surface area (TPSA) is 66.5 Å². The predicted octanol–water partition coefficient (Wildman–Crippen LogP) is 3.33. The molecule has 2 rings (SSSR count). The summed E-state index contributed by atoms with van der Waals surface area (Å²) in [4.78, 5) is 12.3. The summed E-state index contributed by atoms with van der Waals surface area (Å²) in [6, 6.07) is 4.24. The summed E-state index contributed by atoms with van der Waals surface area (Å²) in [6.45, 7) is 4.55. The zero-order valence-corrected chi connectivity index (χ0v) is 16.7.